The molecule has 2 aromatic carbocycles. The first-order valence-electron chi connectivity index (χ1n) is 6.76. The first-order chi connectivity index (χ1) is 10.2. The van der Waals surface area contributed by atoms with Crippen LogP contribution in [0.3, 0.4) is 0 Å². The molecular weight excluding hydrogens is 266 g/mol. The molecule has 0 aliphatic heterocycles. The molecule has 0 aromatic heterocycles. The number of benzene rings is 2. The average molecular weight is 285 g/mol. The molecule has 1 N–H and O–H groups in total. The van der Waals surface area contributed by atoms with Gasteiger partial charge in [-0.15, -0.1) is 0 Å². The van der Waals surface area contributed by atoms with Gasteiger partial charge in [-0.05, 0) is 18.2 Å². The molecule has 0 aliphatic rings. The number of ether oxygens (including phenoxy) is 2. The highest BCUT2D eigenvalue weighted by molar-refractivity contribution is 5.71. The van der Waals surface area contributed by atoms with Gasteiger partial charge in [0.15, 0.2) is 0 Å². The maximum atomic E-state index is 11.7. The first-order valence-corrected chi connectivity index (χ1v) is 6.76. The fraction of sp³-hybridized carbons (Fsp3) is 0.235. The van der Waals surface area contributed by atoms with Crippen molar-refractivity contribution in [1.29, 1.82) is 0 Å². The highest BCUT2D eigenvalue weighted by Crippen LogP contribution is 2.30. The summed E-state index contributed by atoms with van der Waals surface area (Å²) in [7, 11) is 3.01. The maximum absolute atomic E-state index is 11.7. The number of nitrogens with one attached hydrogen (secondary N) is 1. The number of methoxy groups -OCH3 is 2. The molecule has 4 heteroatoms. The number of rotatable bonds is 6. The monoisotopic (exact) mass is 285 g/mol. The Morgan fingerprint density at radius 3 is 2.38 bits per heavy atom. The fourth-order valence-corrected chi connectivity index (χ4v) is 2.18. The van der Waals surface area contributed by atoms with Gasteiger partial charge in [0.05, 0.1) is 26.7 Å². The smallest absolute Gasteiger partial charge is 0.307 e. The highest BCUT2D eigenvalue weighted by Gasteiger charge is 2.19. The zero-order valence-electron chi connectivity index (χ0n) is 12.2. The van der Waals surface area contributed by atoms with Crippen LogP contribution < -0.4 is 10.1 Å². The van der Waals surface area contributed by atoms with Crippen LogP contribution in [0.2, 0.25) is 0 Å². The molecule has 0 heterocycles. The standard InChI is InChI=1S/C17H19NO3/c1-20-16-11-7-6-10-14(16)15(12-17(19)21-2)18-13-8-4-3-5-9-13/h3-11,15,18H,12H2,1-2H3/t15-/m1/s1. The van der Waals surface area contributed by atoms with Crippen LogP contribution in [-0.4, -0.2) is 20.2 Å². The van der Waals surface area contributed by atoms with Crippen molar-refractivity contribution in [1.82, 2.24) is 0 Å². The molecule has 1 atom stereocenters. The quantitative estimate of drug-likeness (QED) is 0.826. The van der Waals surface area contributed by atoms with E-state index in [2.05, 4.69) is 5.32 Å². The molecule has 0 fully saturated rings. The van der Waals surface area contributed by atoms with Gasteiger partial charge < -0.3 is 14.8 Å². The predicted octanol–water partition coefficient (Wildman–Crippen LogP) is 3.41. The Morgan fingerprint density at radius 2 is 1.71 bits per heavy atom. The molecule has 0 radical (unpaired) electrons. The summed E-state index contributed by atoms with van der Waals surface area (Å²) >= 11 is 0. The number of esters is 1. The average Bonchev–Trinajstić information content (AvgIpc) is 2.55. The Labute approximate surface area is 124 Å². The summed E-state index contributed by atoms with van der Waals surface area (Å²) in [6, 6.07) is 17.2. The van der Waals surface area contributed by atoms with Gasteiger partial charge in [-0.25, -0.2) is 0 Å². The van der Waals surface area contributed by atoms with Gasteiger partial charge in [-0.3, -0.25) is 4.79 Å². The van der Waals surface area contributed by atoms with E-state index in [1.165, 1.54) is 7.11 Å². The number of carbonyl (C=O) groups excluding carboxylic acids is 1. The molecule has 0 amide bonds. The van der Waals surface area contributed by atoms with Crippen molar-refractivity contribution in [3.05, 3.63) is 60.2 Å². The molecule has 21 heavy (non-hydrogen) atoms. The third-order valence-corrected chi connectivity index (χ3v) is 3.23. The molecule has 0 saturated carbocycles. The summed E-state index contributed by atoms with van der Waals surface area (Å²) in [6.07, 6.45) is 0.228. The van der Waals surface area contributed by atoms with E-state index >= 15 is 0 Å². The van der Waals surface area contributed by atoms with Crippen molar-refractivity contribution >= 4 is 11.7 Å². The molecule has 4 nitrogen and oxygen atoms in total. The van der Waals surface area contributed by atoms with Crippen LogP contribution in [0, 0.1) is 0 Å². The molecule has 0 saturated heterocycles. The number of anilines is 1. The van der Waals surface area contributed by atoms with Gasteiger partial charge >= 0.3 is 5.97 Å². The molecule has 0 aliphatic carbocycles. The van der Waals surface area contributed by atoms with E-state index in [1.807, 2.05) is 54.6 Å². The van der Waals surface area contributed by atoms with Crippen LogP contribution in [0.15, 0.2) is 54.6 Å². The molecule has 2 rings (SSSR count). The summed E-state index contributed by atoms with van der Waals surface area (Å²) in [5.74, 6) is 0.476. The Bertz CT molecular complexity index is 584. The van der Waals surface area contributed by atoms with Gasteiger partial charge in [0.1, 0.15) is 5.75 Å². The molecular formula is C17H19NO3. The number of carbonyl (C=O) groups is 1. The Morgan fingerprint density at radius 1 is 1.05 bits per heavy atom. The topological polar surface area (TPSA) is 47.6 Å². The minimum absolute atomic E-state index is 0.212. The SMILES string of the molecule is COC(=O)C[C@@H](Nc1ccccc1)c1ccccc1OC. The van der Waals surface area contributed by atoms with Crippen LogP contribution in [-0.2, 0) is 9.53 Å². The van der Waals surface area contributed by atoms with E-state index in [9.17, 15) is 4.79 Å². The van der Waals surface area contributed by atoms with Gasteiger partial charge in [-0.2, -0.15) is 0 Å². The van der Waals surface area contributed by atoms with E-state index < -0.39 is 0 Å². The van der Waals surface area contributed by atoms with Crippen molar-refractivity contribution in [3.63, 3.8) is 0 Å². The van der Waals surface area contributed by atoms with Crippen molar-refractivity contribution in [2.45, 2.75) is 12.5 Å². The van der Waals surface area contributed by atoms with E-state index in [4.69, 9.17) is 9.47 Å². The van der Waals surface area contributed by atoms with Gasteiger partial charge in [0.2, 0.25) is 0 Å². The predicted molar refractivity (Wildman–Crippen MR) is 82.4 cm³/mol. The summed E-state index contributed by atoms with van der Waals surface area (Å²) in [6.45, 7) is 0. The van der Waals surface area contributed by atoms with Gasteiger partial charge in [0.25, 0.3) is 0 Å². The zero-order valence-corrected chi connectivity index (χ0v) is 12.2. The normalized spacial score (nSPS) is 11.5. The zero-order chi connectivity index (χ0) is 15.1. The lowest BCUT2D eigenvalue weighted by Gasteiger charge is -2.21. The second-order valence-corrected chi connectivity index (χ2v) is 4.59. The van der Waals surface area contributed by atoms with Crippen molar-refractivity contribution in [2.24, 2.45) is 0 Å². The summed E-state index contributed by atoms with van der Waals surface area (Å²) in [5, 5.41) is 3.35. The minimum Gasteiger partial charge on any atom is -0.496 e. The van der Waals surface area contributed by atoms with E-state index in [-0.39, 0.29) is 18.4 Å². The van der Waals surface area contributed by atoms with Crippen molar-refractivity contribution in [2.75, 3.05) is 19.5 Å². The van der Waals surface area contributed by atoms with Crippen LogP contribution in [0.5, 0.6) is 5.75 Å². The second kappa shape index (κ2) is 7.33. The largest absolute Gasteiger partial charge is 0.496 e. The molecule has 2 aromatic rings. The highest BCUT2D eigenvalue weighted by atomic mass is 16.5. The third-order valence-electron chi connectivity index (χ3n) is 3.23. The minimum atomic E-state index is -0.269. The lowest BCUT2D eigenvalue weighted by molar-refractivity contribution is -0.140. The van der Waals surface area contributed by atoms with Gasteiger partial charge in [0, 0.05) is 11.3 Å². The van der Waals surface area contributed by atoms with Gasteiger partial charge in [-0.1, -0.05) is 36.4 Å². The summed E-state index contributed by atoms with van der Waals surface area (Å²) < 4.78 is 10.2. The van der Waals surface area contributed by atoms with Crippen LogP contribution >= 0.6 is 0 Å². The van der Waals surface area contributed by atoms with Crippen LogP contribution in [0.1, 0.15) is 18.0 Å². The summed E-state index contributed by atoms with van der Waals surface area (Å²) in [5.41, 5.74) is 1.87. The maximum Gasteiger partial charge on any atom is 0.307 e. The lowest BCUT2D eigenvalue weighted by atomic mass is 10.0. The fourth-order valence-electron chi connectivity index (χ4n) is 2.18. The van der Waals surface area contributed by atoms with Crippen molar-refractivity contribution < 1.29 is 14.3 Å². The Kier molecular flexibility index (Phi) is 5.21. The first kappa shape index (κ1) is 14.9. The summed E-state index contributed by atoms with van der Waals surface area (Å²) in [4.78, 5) is 11.7. The molecule has 0 bridgehead atoms. The van der Waals surface area contributed by atoms with E-state index in [1.54, 1.807) is 7.11 Å². The number of hydrogen-bond donors (Lipinski definition) is 1. The number of hydrogen-bond acceptors (Lipinski definition) is 4. The van der Waals surface area contributed by atoms with Crippen molar-refractivity contribution in [3.8, 4) is 5.75 Å². The molecule has 0 unspecified atom stereocenters. The Balaban J connectivity index is 2.29. The van der Waals surface area contributed by atoms with E-state index in [0.29, 0.717) is 0 Å². The van der Waals surface area contributed by atoms with Crippen LogP contribution in [0.25, 0.3) is 0 Å². The lowest BCUT2D eigenvalue weighted by Crippen LogP contribution is -2.17. The second-order valence-electron chi connectivity index (χ2n) is 4.59. The molecule has 110 valence electrons. The Hall–Kier alpha value is -2.49. The third kappa shape index (κ3) is 3.99. The van der Waals surface area contributed by atoms with Crippen LogP contribution in [0.4, 0.5) is 5.69 Å². The van der Waals surface area contributed by atoms with E-state index in [0.717, 1.165) is 17.0 Å². The number of para-hydroxylation sites is 2. The molecule has 0 spiro atoms.